The zero-order valence-electron chi connectivity index (χ0n) is 18.3. The first-order valence-electron chi connectivity index (χ1n) is 10.6. The van der Waals surface area contributed by atoms with Crippen LogP contribution >= 0.6 is 12.4 Å². The fraction of sp³-hybridized carbons (Fsp3) is 0.435. The molecule has 0 aromatic heterocycles. The summed E-state index contributed by atoms with van der Waals surface area (Å²) in [5, 5.41) is 8.34. The molecule has 32 heavy (non-hydrogen) atoms. The minimum absolute atomic E-state index is 0. The van der Waals surface area contributed by atoms with Gasteiger partial charge in [0.2, 0.25) is 10.0 Å². The monoisotopic (exact) mass is 479 g/mol. The number of hydrogen-bond donors (Lipinski definition) is 2. The van der Waals surface area contributed by atoms with Gasteiger partial charge in [0.05, 0.1) is 10.5 Å². The highest BCUT2D eigenvalue weighted by atomic mass is 35.5. The third-order valence-electron chi connectivity index (χ3n) is 5.93. The summed E-state index contributed by atoms with van der Waals surface area (Å²) in [5.74, 6) is 0.105. The van der Waals surface area contributed by atoms with E-state index in [9.17, 15) is 13.2 Å². The Kier molecular flexibility index (Phi) is 7.19. The lowest BCUT2D eigenvalue weighted by atomic mass is 10.0. The summed E-state index contributed by atoms with van der Waals surface area (Å²) in [4.78, 5) is 15.4. The molecule has 0 spiro atoms. The van der Waals surface area contributed by atoms with Gasteiger partial charge in [-0.25, -0.2) is 13.6 Å². The molecule has 9 heteroatoms. The number of likely N-dealkylation sites (tertiary alicyclic amines) is 1. The zero-order chi connectivity index (χ0) is 22.2. The van der Waals surface area contributed by atoms with E-state index in [0.29, 0.717) is 24.3 Å². The Morgan fingerprint density at radius 3 is 2.66 bits per heavy atom. The van der Waals surface area contributed by atoms with Gasteiger partial charge in [0.1, 0.15) is 11.4 Å². The molecular formula is C23H30ClN3O4S. The van der Waals surface area contributed by atoms with E-state index in [1.807, 2.05) is 32.0 Å². The molecule has 2 aliphatic rings. The molecule has 0 radical (unpaired) electrons. The molecule has 2 aromatic rings. The number of fused-ring (bicyclic) bond motifs is 1. The second-order valence-corrected chi connectivity index (χ2v) is 10.6. The molecule has 4 rings (SSSR count). The van der Waals surface area contributed by atoms with E-state index in [-0.39, 0.29) is 34.8 Å². The molecule has 0 bridgehead atoms. The van der Waals surface area contributed by atoms with Crippen LogP contribution < -0.4 is 15.2 Å². The molecule has 7 nitrogen and oxygen atoms in total. The van der Waals surface area contributed by atoms with Gasteiger partial charge in [-0.15, -0.1) is 12.4 Å². The lowest BCUT2D eigenvalue weighted by molar-refractivity contribution is 0.0926. The van der Waals surface area contributed by atoms with Crippen LogP contribution in [-0.2, 0) is 23.0 Å². The highest BCUT2D eigenvalue weighted by molar-refractivity contribution is 7.89. The van der Waals surface area contributed by atoms with Gasteiger partial charge in [0, 0.05) is 31.1 Å². The van der Waals surface area contributed by atoms with Gasteiger partial charge in [-0.3, -0.25) is 9.69 Å². The van der Waals surface area contributed by atoms with Crippen LogP contribution in [0.25, 0.3) is 0 Å². The van der Waals surface area contributed by atoms with Crippen LogP contribution in [0.15, 0.2) is 47.4 Å². The lowest BCUT2D eigenvalue weighted by Crippen LogP contribution is -2.40. The van der Waals surface area contributed by atoms with Crippen LogP contribution in [0, 0.1) is 0 Å². The molecule has 1 amide bonds. The lowest BCUT2D eigenvalue weighted by Gasteiger charge is -2.25. The Morgan fingerprint density at radius 1 is 1.25 bits per heavy atom. The first kappa shape index (κ1) is 24.5. The minimum atomic E-state index is -3.94. The molecule has 174 valence electrons. The predicted octanol–water partition coefficient (Wildman–Crippen LogP) is 2.86. The van der Waals surface area contributed by atoms with Crippen LogP contribution in [0.4, 0.5) is 0 Å². The third-order valence-corrected chi connectivity index (χ3v) is 6.83. The molecule has 1 unspecified atom stereocenters. The second-order valence-electron chi connectivity index (χ2n) is 9.00. The molecule has 0 saturated carbocycles. The van der Waals surface area contributed by atoms with Crippen LogP contribution in [0.5, 0.6) is 5.75 Å². The number of rotatable bonds is 6. The number of hydrogen-bond acceptors (Lipinski definition) is 5. The largest absolute Gasteiger partial charge is 0.486 e. The number of nitrogens with zero attached hydrogens (tertiary/aromatic N) is 1. The smallest absolute Gasteiger partial charge is 0.255 e. The number of primary sulfonamides is 1. The Labute approximate surface area is 195 Å². The van der Waals surface area contributed by atoms with Gasteiger partial charge < -0.3 is 10.1 Å². The number of carbonyl (C=O) groups excluding carboxylic acids is 1. The topological polar surface area (TPSA) is 102 Å². The van der Waals surface area contributed by atoms with E-state index in [2.05, 4.69) is 22.3 Å². The van der Waals surface area contributed by atoms with Crippen LogP contribution in [0.2, 0.25) is 0 Å². The SMILES string of the molecule is CC1(C)Cc2cc(S(N)(=O)=O)cc(C(=O)NCC3CCCN3Cc3ccccc3)c2O1.Cl. The van der Waals surface area contributed by atoms with E-state index < -0.39 is 15.6 Å². The molecule has 2 aliphatic heterocycles. The van der Waals surface area contributed by atoms with Gasteiger partial charge >= 0.3 is 0 Å². The first-order valence-corrected chi connectivity index (χ1v) is 12.1. The number of nitrogens with one attached hydrogen (secondary N) is 1. The zero-order valence-corrected chi connectivity index (χ0v) is 20.0. The van der Waals surface area contributed by atoms with E-state index in [1.165, 1.54) is 17.7 Å². The molecule has 1 atom stereocenters. The summed E-state index contributed by atoms with van der Waals surface area (Å²) >= 11 is 0. The molecule has 3 N–H and O–H groups in total. The number of halogens is 1. The third kappa shape index (κ3) is 5.43. The molecule has 1 saturated heterocycles. The first-order chi connectivity index (χ1) is 14.6. The normalized spacial score (nSPS) is 19.7. The van der Waals surface area contributed by atoms with Crippen molar-refractivity contribution in [2.24, 2.45) is 5.14 Å². The second kappa shape index (κ2) is 9.39. The molecule has 0 aliphatic carbocycles. The quantitative estimate of drug-likeness (QED) is 0.663. The summed E-state index contributed by atoms with van der Waals surface area (Å²) in [5.41, 5.74) is 1.65. The maximum atomic E-state index is 13.1. The molecular weight excluding hydrogens is 450 g/mol. The van der Waals surface area contributed by atoms with Crippen molar-refractivity contribution in [3.63, 3.8) is 0 Å². The highest BCUT2D eigenvalue weighted by Crippen LogP contribution is 2.39. The number of nitrogens with two attached hydrogens (primary N) is 1. The number of amides is 1. The standard InChI is InChI=1S/C23H29N3O4S.ClH/c1-23(2)13-17-11-19(31(24,28)29)12-20(21(17)30-23)22(27)25-14-18-9-6-10-26(18)15-16-7-4-3-5-8-16;/h3-5,7-8,11-12,18H,6,9-10,13-15H2,1-2H3,(H,25,27)(H2,24,28,29);1H. The number of carbonyl (C=O) groups is 1. The summed E-state index contributed by atoms with van der Waals surface area (Å²) in [6.07, 6.45) is 2.60. The van der Waals surface area contributed by atoms with Crippen molar-refractivity contribution in [2.45, 2.75) is 56.2 Å². The van der Waals surface area contributed by atoms with Crippen molar-refractivity contribution in [1.82, 2.24) is 10.2 Å². The van der Waals surface area contributed by atoms with Crippen LogP contribution in [0.1, 0.15) is 48.2 Å². The maximum absolute atomic E-state index is 13.1. The van der Waals surface area contributed by atoms with E-state index in [4.69, 9.17) is 9.88 Å². The summed E-state index contributed by atoms with van der Waals surface area (Å²) in [7, 11) is -3.94. The Balaban J connectivity index is 0.00000289. The fourth-order valence-corrected chi connectivity index (χ4v) is 5.06. The van der Waals surface area contributed by atoms with Crippen molar-refractivity contribution < 1.29 is 17.9 Å². The Bertz CT molecular complexity index is 1090. The van der Waals surface area contributed by atoms with Crippen molar-refractivity contribution in [3.8, 4) is 5.75 Å². The molecule has 1 fully saturated rings. The highest BCUT2D eigenvalue weighted by Gasteiger charge is 2.35. The molecule has 2 heterocycles. The van der Waals surface area contributed by atoms with Gasteiger partial charge in [-0.05, 0) is 50.9 Å². The van der Waals surface area contributed by atoms with Crippen molar-refractivity contribution >= 4 is 28.3 Å². The number of sulfonamides is 1. The van der Waals surface area contributed by atoms with Crippen molar-refractivity contribution in [3.05, 3.63) is 59.2 Å². The van der Waals surface area contributed by atoms with Gasteiger partial charge in [0.15, 0.2) is 0 Å². The van der Waals surface area contributed by atoms with Gasteiger partial charge in [-0.1, -0.05) is 30.3 Å². The Hall–Kier alpha value is -2.13. The van der Waals surface area contributed by atoms with Crippen molar-refractivity contribution in [2.75, 3.05) is 13.1 Å². The molecule has 2 aromatic carbocycles. The summed E-state index contributed by atoms with van der Waals surface area (Å²) < 4.78 is 29.9. The van der Waals surface area contributed by atoms with Crippen molar-refractivity contribution in [1.29, 1.82) is 0 Å². The van der Waals surface area contributed by atoms with E-state index in [1.54, 1.807) is 0 Å². The van der Waals surface area contributed by atoms with E-state index in [0.717, 1.165) is 25.9 Å². The van der Waals surface area contributed by atoms with Gasteiger partial charge in [-0.2, -0.15) is 0 Å². The van der Waals surface area contributed by atoms with Crippen LogP contribution in [-0.4, -0.2) is 44.0 Å². The average molecular weight is 480 g/mol. The Morgan fingerprint density at radius 2 is 1.97 bits per heavy atom. The summed E-state index contributed by atoms with van der Waals surface area (Å²) in [6, 6.07) is 13.3. The number of ether oxygens (including phenoxy) is 1. The van der Waals surface area contributed by atoms with E-state index >= 15 is 0 Å². The van der Waals surface area contributed by atoms with Crippen LogP contribution in [0.3, 0.4) is 0 Å². The summed E-state index contributed by atoms with van der Waals surface area (Å²) in [6.45, 7) is 6.14. The predicted molar refractivity (Wildman–Crippen MR) is 126 cm³/mol. The minimum Gasteiger partial charge on any atom is -0.486 e. The fourth-order valence-electron chi connectivity index (χ4n) is 4.47. The van der Waals surface area contributed by atoms with Gasteiger partial charge in [0.25, 0.3) is 5.91 Å². The maximum Gasteiger partial charge on any atom is 0.255 e. The number of benzene rings is 2. The average Bonchev–Trinajstić information content (AvgIpc) is 3.27.